The van der Waals surface area contributed by atoms with Crippen molar-refractivity contribution < 1.29 is 19.1 Å². The van der Waals surface area contributed by atoms with Crippen molar-refractivity contribution in [3.05, 3.63) is 23.2 Å². The molecule has 3 rings (SSSR count). The molecule has 0 aliphatic carbocycles. The Kier molecular flexibility index (Phi) is 6.73. The number of hydrogen-bond donors (Lipinski definition) is 1. The quantitative estimate of drug-likeness (QED) is 0.766. The summed E-state index contributed by atoms with van der Waals surface area (Å²) in [5.41, 5.74) is 1.24. The molecule has 2 aliphatic heterocycles. The third kappa shape index (κ3) is 5.00. The fourth-order valence-corrected chi connectivity index (χ4v) is 3.62. The average molecular weight is 395 g/mol. The molecule has 7 heteroatoms. The van der Waals surface area contributed by atoms with Crippen molar-refractivity contribution in [2.75, 3.05) is 30.0 Å². The van der Waals surface area contributed by atoms with Crippen LogP contribution in [-0.4, -0.2) is 43.8 Å². The second kappa shape index (κ2) is 9.04. The molecule has 0 saturated carbocycles. The van der Waals surface area contributed by atoms with Gasteiger partial charge in [-0.05, 0) is 43.4 Å². The Labute approximate surface area is 165 Å². The van der Waals surface area contributed by atoms with Crippen molar-refractivity contribution in [3.63, 3.8) is 0 Å². The molecule has 1 aromatic carbocycles. The van der Waals surface area contributed by atoms with E-state index in [2.05, 4.69) is 5.32 Å². The first-order valence-corrected chi connectivity index (χ1v) is 9.97. The molecular formula is C20H27ClN2O4. The lowest BCUT2D eigenvalue weighted by atomic mass is 10.1. The third-order valence-corrected chi connectivity index (χ3v) is 5.27. The summed E-state index contributed by atoms with van der Waals surface area (Å²) < 4.78 is 11.4. The van der Waals surface area contributed by atoms with Crippen molar-refractivity contribution in [3.8, 4) is 0 Å². The van der Waals surface area contributed by atoms with Crippen LogP contribution in [0.2, 0.25) is 5.02 Å². The number of amides is 2. The lowest BCUT2D eigenvalue weighted by Gasteiger charge is -2.23. The van der Waals surface area contributed by atoms with Crippen LogP contribution >= 0.6 is 11.6 Å². The van der Waals surface area contributed by atoms with E-state index in [0.29, 0.717) is 30.3 Å². The molecule has 0 bridgehead atoms. The van der Waals surface area contributed by atoms with Crippen molar-refractivity contribution >= 4 is 34.8 Å². The minimum Gasteiger partial charge on any atom is -0.376 e. The van der Waals surface area contributed by atoms with E-state index in [1.54, 1.807) is 23.1 Å². The monoisotopic (exact) mass is 394 g/mol. The van der Waals surface area contributed by atoms with Gasteiger partial charge >= 0.3 is 0 Å². The Morgan fingerprint density at radius 3 is 2.85 bits per heavy atom. The van der Waals surface area contributed by atoms with Gasteiger partial charge in [-0.25, -0.2) is 0 Å². The third-order valence-electron chi connectivity index (χ3n) is 4.94. The van der Waals surface area contributed by atoms with Crippen LogP contribution < -0.4 is 10.2 Å². The summed E-state index contributed by atoms with van der Waals surface area (Å²) in [6.45, 7) is 5.74. The van der Waals surface area contributed by atoms with Gasteiger partial charge in [-0.15, -0.1) is 0 Å². The zero-order chi connectivity index (χ0) is 19.4. The molecule has 27 heavy (non-hydrogen) atoms. The van der Waals surface area contributed by atoms with Gasteiger partial charge in [-0.1, -0.05) is 25.4 Å². The predicted octanol–water partition coefficient (Wildman–Crippen LogP) is 3.63. The molecule has 2 atom stereocenters. The van der Waals surface area contributed by atoms with Crippen LogP contribution in [0.4, 0.5) is 11.4 Å². The van der Waals surface area contributed by atoms with Gasteiger partial charge in [-0.3, -0.25) is 9.59 Å². The fourth-order valence-electron chi connectivity index (χ4n) is 3.46. The summed E-state index contributed by atoms with van der Waals surface area (Å²) in [5, 5.41) is 3.30. The van der Waals surface area contributed by atoms with Crippen molar-refractivity contribution in [2.45, 2.75) is 51.7 Å². The first kappa shape index (κ1) is 20.1. The van der Waals surface area contributed by atoms with Crippen LogP contribution in [0, 0.1) is 5.92 Å². The summed E-state index contributed by atoms with van der Waals surface area (Å²) in [4.78, 5) is 26.5. The summed E-state index contributed by atoms with van der Waals surface area (Å²) in [6.07, 6.45) is 2.86. The van der Waals surface area contributed by atoms with E-state index in [1.165, 1.54) is 0 Å². The molecule has 1 N–H and O–H groups in total. The topological polar surface area (TPSA) is 67.9 Å². The van der Waals surface area contributed by atoms with E-state index in [4.69, 9.17) is 21.1 Å². The number of ether oxygens (including phenoxy) is 2. The van der Waals surface area contributed by atoms with Gasteiger partial charge in [0.1, 0.15) is 6.10 Å². The molecule has 2 heterocycles. The largest absolute Gasteiger partial charge is 0.376 e. The summed E-state index contributed by atoms with van der Waals surface area (Å²) in [5.74, 6) is -0.141. The first-order valence-electron chi connectivity index (χ1n) is 9.59. The van der Waals surface area contributed by atoms with Crippen LogP contribution in [0.1, 0.15) is 39.5 Å². The van der Waals surface area contributed by atoms with E-state index >= 15 is 0 Å². The predicted molar refractivity (Wildman–Crippen MR) is 105 cm³/mol. The van der Waals surface area contributed by atoms with Crippen LogP contribution in [0.3, 0.4) is 0 Å². The van der Waals surface area contributed by atoms with Crippen LogP contribution in [-0.2, 0) is 19.1 Å². The van der Waals surface area contributed by atoms with Gasteiger partial charge in [0.25, 0.3) is 5.91 Å². The highest BCUT2D eigenvalue weighted by Crippen LogP contribution is 2.30. The molecule has 6 nitrogen and oxygen atoms in total. The molecule has 2 fully saturated rings. The van der Waals surface area contributed by atoms with Crippen LogP contribution in [0.5, 0.6) is 0 Å². The molecule has 2 amide bonds. The van der Waals surface area contributed by atoms with E-state index < -0.39 is 6.10 Å². The van der Waals surface area contributed by atoms with Gasteiger partial charge in [0.2, 0.25) is 5.91 Å². The second-order valence-electron chi connectivity index (χ2n) is 7.44. The number of rotatable bonds is 7. The highest BCUT2D eigenvalue weighted by atomic mass is 35.5. The molecule has 1 aromatic rings. The molecule has 0 unspecified atom stereocenters. The number of halogens is 1. The number of nitrogens with one attached hydrogen (secondary N) is 1. The van der Waals surface area contributed by atoms with E-state index in [1.807, 2.05) is 13.8 Å². The molecule has 2 aliphatic rings. The Balaban J connectivity index is 1.67. The molecule has 2 saturated heterocycles. The summed E-state index contributed by atoms with van der Waals surface area (Å²) >= 11 is 6.27. The Hall–Kier alpha value is -1.63. The number of hydrogen-bond acceptors (Lipinski definition) is 4. The lowest BCUT2D eigenvalue weighted by molar-refractivity contribution is -0.132. The number of anilines is 2. The van der Waals surface area contributed by atoms with Crippen molar-refractivity contribution in [1.82, 2.24) is 0 Å². The van der Waals surface area contributed by atoms with Gasteiger partial charge in [0, 0.05) is 25.3 Å². The summed E-state index contributed by atoms with van der Waals surface area (Å²) in [7, 11) is 0. The highest BCUT2D eigenvalue weighted by Gasteiger charge is 2.27. The van der Waals surface area contributed by atoms with E-state index in [9.17, 15) is 9.59 Å². The van der Waals surface area contributed by atoms with Gasteiger partial charge < -0.3 is 19.7 Å². The first-order chi connectivity index (χ1) is 13.0. The average Bonchev–Trinajstić information content (AvgIpc) is 3.28. The lowest BCUT2D eigenvalue weighted by Crippen LogP contribution is -2.37. The minimum atomic E-state index is -0.595. The van der Waals surface area contributed by atoms with Crippen LogP contribution in [0.25, 0.3) is 0 Å². The normalized spacial score (nSPS) is 21.1. The van der Waals surface area contributed by atoms with E-state index in [0.717, 1.165) is 31.6 Å². The maximum atomic E-state index is 12.8. The summed E-state index contributed by atoms with van der Waals surface area (Å²) in [6, 6.07) is 5.26. The number of benzene rings is 1. The van der Waals surface area contributed by atoms with Crippen molar-refractivity contribution in [1.29, 1.82) is 0 Å². The number of carbonyl (C=O) groups is 2. The number of carbonyl (C=O) groups excluding carboxylic acids is 2. The Morgan fingerprint density at radius 2 is 2.22 bits per heavy atom. The fraction of sp³-hybridized carbons (Fsp3) is 0.600. The standard InChI is InChI=1S/C20H27ClN2O4/c1-13(2)19(27-12-15-5-4-10-26-15)20(25)22-17-11-14(7-8-16(17)21)23-9-3-6-18(23)24/h7-8,11,13,15,19H,3-6,9-10,12H2,1-2H3,(H,22,25)/t15-,19-/m1/s1. The molecule has 0 aromatic heterocycles. The Morgan fingerprint density at radius 1 is 1.41 bits per heavy atom. The molecule has 148 valence electrons. The molecule has 0 spiro atoms. The van der Waals surface area contributed by atoms with Gasteiger partial charge in [0.05, 0.1) is 23.4 Å². The zero-order valence-corrected chi connectivity index (χ0v) is 16.6. The zero-order valence-electron chi connectivity index (χ0n) is 15.9. The number of nitrogens with zero attached hydrogens (tertiary/aromatic N) is 1. The maximum absolute atomic E-state index is 12.8. The molecule has 0 radical (unpaired) electrons. The smallest absolute Gasteiger partial charge is 0.253 e. The van der Waals surface area contributed by atoms with Crippen LogP contribution in [0.15, 0.2) is 18.2 Å². The highest BCUT2D eigenvalue weighted by molar-refractivity contribution is 6.34. The molecular weight excluding hydrogens is 368 g/mol. The van der Waals surface area contributed by atoms with Crippen molar-refractivity contribution in [2.24, 2.45) is 5.92 Å². The second-order valence-corrected chi connectivity index (χ2v) is 7.84. The maximum Gasteiger partial charge on any atom is 0.253 e. The van der Waals surface area contributed by atoms with E-state index in [-0.39, 0.29) is 23.8 Å². The Bertz CT molecular complexity index is 689. The van der Waals surface area contributed by atoms with Gasteiger partial charge in [0.15, 0.2) is 0 Å². The SMILES string of the molecule is CC(C)[C@@H](OC[C@H]1CCCO1)C(=O)Nc1cc(N2CCCC2=O)ccc1Cl. The minimum absolute atomic E-state index is 0.00789. The van der Waals surface area contributed by atoms with Gasteiger partial charge in [-0.2, -0.15) is 0 Å².